The Labute approximate surface area is 132 Å². The molecule has 2 aromatic rings. The van der Waals surface area contributed by atoms with Crippen molar-refractivity contribution in [3.63, 3.8) is 0 Å². The monoisotopic (exact) mass is 355 g/mol. The van der Waals surface area contributed by atoms with E-state index in [1.165, 1.54) is 11.6 Å². The first kappa shape index (κ1) is 15.5. The van der Waals surface area contributed by atoms with Gasteiger partial charge in [0.05, 0.1) is 0 Å². The summed E-state index contributed by atoms with van der Waals surface area (Å²) in [6.45, 7) is 0.507. The average Bonchev–Trinajstić information content (AvgIpc) is 2.44. The zero-order chi connectivity index (χ0) is 14.5. The molecule has 0 aromatic heterocycles. The molecule has 0 saturated heterocycles. The van der Waals surface area contributed by atoms with E-state index in [9.17, 15) is 4.39 Å². The van der Waals surface area contributed by atoms with E-state index in [-0.39, 0.29) is 11.7 Å². The van der Waals surface area contributed by atoms with Gasteiger partial charge in [-0.3, -0.25) is 0 Å². The Hall–Kier alpha value is -0.900. The molecule has 0 bridgehead atoms. The van der Waals surface area contributed by atoms with Gasteiger partial charge in [-0.05, 0) is 60.7 Å². The normalized spacial score (nSPS) is 12.4. The molecule has 2 rings (SSSR count). The molecule has 0 aliphatic carbocycles. The Morgan fingerprint density at radius 1 is 1.10 bits per heavy atom. The molecule has 0 spiro atoms. The molecule has 0 radical (unpaired) electrons. The van der Waals surface area contributed by atoms with Crippen molar-refractivity contribution in [2.75, 3.05) is 6.54 Å². The summed E-state index contributed by atoms with van der Waals surface area (Å²) < 4.78 is 14.8. The molecule has 4 heteroatoms. The Bertz CT molecular complexity index is 588. The number of hydrogen-bond acceptors (Lipinski definition) is 1. The fourth-order valence-electron chi connectivity index (χ4n) is 2.22. The van der Waals surface area contributed by atoms with Gasteiger partial charge in [-0.25, -0.2) is 4.39 Å². The number of hydrogen-bond donors (Lipinski definition) is 1. The molecule has 0 aliphatic rings. The fraction of sp³-hybridized carbons (Fsp3) is 0.250. The van der Waals surface area contributed by atoms with Gasteiger partial charge in [0.15, 0.2) is 0 Å². The van der Waals surface area contributed by atoms with E-state index < -0.39 is 0 Å². The third-order valence-electron chi connectivity index (χ3n) is 3.32. The van der Waals surface area contributed by atoms with Gasteiger partial charge in [-0.1, -0.05) is 45.7 Å². The van der Waals surface area contributed by atoms with Crippen LogP contribution in [0.3, 0.4) is 0 Å². The van der Waals surface area contributed by atoms with Crippen LogP contribution in [0.2, 0.25) is 5.02 Å². The highest BCUT2D eigenvalue weighted by Gasteiger charge is 2.13. The van der Waals surface area contributed by atoms with Gasteiger partial charge >= 0.3 is 0 Å². The van der Waals surface area contributed by atoms with Gasteiger partial charge in [-0.2, -0.15) is 0 Å². The first-order valence-corrected chi connectivity index (χ1v) is 7.64. The van der Waals surface area contributed by atoms with E-state index in [0.29, 0.717) is 23.6 Å². The highest BCUT2D eigenvalue weighted by atomic mass is 79.9. The number of nitrogens with two attached hydrogens (primary N) is 1. The van der Waals surface area contributed by atoms with Crippen molar-refractivity contribution < 1.29 is 4.39 Å². The molecule has 1 atom stereocenters. The number of halogens is 3. The standard InChI is InChI=1S/C16H16BrClFN/c17-15-4-2-1-3-12(15)7-11(10-20)8-13-9-14(18)5-6-16(13)19/h1-6,9,11H,7-8,10,20H2. The fourth-order valence-corrected chi connectivity index (χ4v) is 2.87. The maximum Gasteiger partial charge on any atom is 0.126 e. The van der Waals surface area contributed by atoms with Gasteiger partial charge in [-0.15, -0.1) is 0 Å². The minimum absolute atomic E-state index is 0.182. The molecule has 0 fully saturated rings. The molecule has 0 saturated carbocycles. The Morgan fingerprint density at radius 3 is 2.50 bits per heavy atom. The first-order valence-electron chi connectivity index (χ1n) is 6.47. The highest BCUT2D eigenvalue weighted by Crippen LogP contribution is 2.23. The smallest absolute Gasteiger partial charge is 0.126 e. The van der Waals surface area contributed by atoms with E-state index in [1.807, 2.05) is 18.2 Å². The summed E-state index contributed by atoms with van der Waals surface area (Å²) in [5.74, 6) is -0.0401. The van der Waals surface area contributed by atoms with Crippen LogP contribution < -0.4 is 5.73 Å². The van der Waals surface area contributed by atoms with E-state index >= 15 is 0 Å². The second-order valence-corrected chi connectivity index (χ2v) is 6.13. The van der Waals surface area contributed by atoms with Crippen LogP contribution in [-0.4, -0.2) is 6.54 Å². The van der Waals surface area contributed by atoms with Crippen LogP contribution in [0.15, 0.2) is 46.9 Å². The minimum Gasteiger partial charge on any atom is -0.330 e. The highest BCUT2D eigenvalue weighted by molar-refractivity contribution is 9.10. The average molecular weight is 357 g/mol. The van der Waals surface area contributed by atoms with Crippen molar-refractivity contribution >= 4 is 27.5 Å². The summed E-state index contributed by atoms with van der Waals surface area (Å²) in [5.41, 5.74) is 7.65. The largest absolute Gasteiger partial charge is 0.330 e. The molecular weight excluding hydrogens is 341 g/mol. The molecule has 1 nitrogen and oxygen atoms in total. The second-order valence-electron chi connectivity index (χ2n) is 4.84. The molecule has 0 aliphatic heterocycles. The van der Waals surface area contributed by atoms with Crippen LogP contribution in [-0.2, 0) is 12.8 Å². The maximum atomic E-state index is 13.8. The Kier molecular flexibility index (Phi) is 5.58. The van der Waals surface area contributed by atoms with Crippen molar-refractivity contribution in [2.24, 2.45) is 11.7 Å². The first-order chi connectivity index (χ1) is 9.60. The second kappa shape index (κ2) is 7.21. The summed E-state index contributed by atoms with van der Waals surface area (Å²) in [7, 11) is 0. The lowest BCUT2D eigenvalue weighted by Crippen LogP contribution is -2.20. The molecule has 2 aromatic carbocycles. The third kappa shape index (κ3) is 4.05. The summed E-state index contributed by atoms with van der Waals surface area (Å²) in [6.07, 6.45) is 1.40. The van der Waals surface area contributed by atoms with Crippen molar-refractivity contribution in [2.45, 2.75) is 12.8 Å². The summed E-state index contributed by atoms with van der Waals surface area (Å²) in [4.78, 5) is 0. The summed E-state index contributed by atoms with van der Waals surface area (Å²) in [6, 6.07) is 12.7. The van der Waals surface area contributed by atoms with Crippen LogP contribution in [0.4, 0.5) is 4.39 Å². The van der Waals surface area contributed by atoms with Gasteiger partial charge in [0.25, 0.3) is 0 Å². The number of benzene rings is 2. The zero-order valence-corrected chi connectivity index (χ0v) is 13.3. The van der Waals surface area contributed by atoms with Crippen LogP contribution in [0, 0.1) is 11.7 Å². The lowest BCUT2D eigenvalue weighted by Gasteiger charge is -2.16. The molecule has 20 heavy (non-hydrogen) atoms. The van der Waals surface area contributed by atoms with E-state index in [0.717, 1.165) is 10.9 Å². The maximum absolute atomic E-state index is 13.8. The predicted molar refractivity (Wildman–Crippen MR) is 85.5 cm³/mol. The molecule has 2 N–H and O–H groups in total. The zero-order valence-electron chi connectivity index (χ0n) is 11.0. The third-order valence-corrected chi connectivity index (χ3v) is 4.32. The number of rotatable bonds is 5. The molecule has 0 heterocycles. The Balaban J connectivity index is 2.13. The molecular formula is C16H16BrClFN. The summed E-state index contributed by atoms with van der Waals surface area (Å²) >= 11 is 9.45. The van der Waals surface area contributed by atoms with Gasteiger partial charge in [0, 0.05) is 9.50 Å². The van der Waals surface area contributed by atoms with E-state index in [2.05, 4.69) is 22.0 Å². The van der Waals surface area contributed by atoms with Crippen molar-refractivity contribution in [3.05, 3.63) is 68.9 Å². The Morgan fingerprint density at radius 2 is 1.80 bits per heavy atom. The van der Waals surface area contributed by atoms with Crippen molar-refractivity contribution in [1.82, 2.24) is 0 Å². The van der Waals surface area contributed by atoms with Crippen molar-refractivity contribution in [1.29, 1.82) is 0 Å². The topological polar surface area (TPSA) is 26.0 Å². The van der Waals surface area contributed by atoms with Crippen LogP contribution in [0.1, 0.15) is 11.1 Å². The summed E-state index contributed by atoms with van der Waals surface area (Å²) in [5, 5.41) is 0.554. The SMILES string of the molecule is NCC(Cc1cc(Cl)ccc1F)Cc1ccccc1Br. The van der Waals surface area contributed by atoms with E-state index in [1.54, 1.807) is 12.1 Å². The molecule has 106 valence electrons. The lowest BCUT2D eigenvalue weighted by molar-refractivity contribution is 0.511. The quantitative estimate of drug-likeness (QED) is 0.832. The van der Waals surface area contributed by atoms with Crippen molar-refractivity contribution in [3.8, 4) is 0 Å². The van der Waals surface area contributed by atoms with Crippen LogP contribution in [0.5, 0.6) is 0 Å². The molecule has 0 amide bonds. The molecule has 1 unspecified atom stereocenters. The van der Waals surface area contributed by atoms with Crippen LogP contribution in [0.25, 0.3) is 0 Å². The van der Waals surface area contributed by atoms with Gasteiger partial charge in [0.1, 0.15) is 5.82 Å². The lowest BCUT2D eigenvalue weighted by atomic mass is 9.92. The van der Waals surface area contributed by atoms with Gasteiger partial charge < -0.3 is 5.73 Å². The van der Waals surface area contributed by atoms with Gasteiger partial charge in [0.2, 0.25) is 0 Å². The van der Waals surface area contributed by atoms with E-state index in [4.69, 9.17) is 17.3 Å². The van der Waals surface area contributed by atoms with Crippen LogP contribution >= 0.6 is 27.5 Å². The predicted octanol–water partition coefficient (Wildman–Crippen LogP) is 4.60. The minimum atomic E-state index is -0.222.